The average molecular weight is 485 g/mol. The summed E-state index contributed by atoms with van der Waals surface area (Å²) in [6, 6.07) is 14.0. The molecule has 0 radical (unpaired) electrons. The van der Waals surface area contributed by atoms with E-state index in [1.165, 1.54) is 17.2 Å². The van der Waals surface area contributed by atoms with Gasteiger partial charge in [0.15, 0.2) is 0 Å². The van der Waals surface area contributed by atoms with Crippen LogP contribution >= 0.6 is 11.6 Å². The molecule has 2 aromatic carbocycles. The minimum atomic E-state index is -0.189. The van der Waals surface area contributed by atoms with Crippen LogP contribution in [-0.2, 0) is 0 Å². The molecule has 2 atom stereocenters. The summed E-state index contributed by atoms with van der Waals surface area (Å²) in [5.74, 6) is -0.0244. The first-order valence-corrected chi connectivity index (χ1v) is 12.9. The van der Waals surface area contributed by atoms with Crippen LogP contribution in [0.15, 0.2) is 42.5 Å². The number of rotatable bonds is 6. The van der Waals surface area contributed by atoms with Crippen molar-refractivity contribution in [3.05, 3.63) is 70.0 Å². The molecule has 0 N–H and O–H groups in total. The van der Waals surface area contributed by atoms with Gasteiger partial charge in [0.25, 0.3) is 0 Å². The first-order valence-electron chi connectivity index (χ1n) is 12.5. The van der Waals surface area contributed by atoms with E-state index in [4.69, 9.17) is 11.6 Å². The lowest BCUT2D eigenvalue weighted by Gasteiger charge is -2.39. The number of amides is 2. The van der Waals surface area contributed by atoms with Crippen molar-refractivity contribution in [2.24, 2.45) is 0 Å². The Bertz CT molecular complexity index is 1040. The number of hydrogen-bond acceptors (Lipinski definition) is 3. The zero-order valence-corrected chi connectivity index (χ0v) is 20.8. The first kappa shape index (κ1) is 23.6. The summed E-state index contributed by atoms with van der Waals surface area (Å²) < 4.78 is 14.0. The van der Waals surface area contributed by atoms with Crippen molar-refractivity contribution >= 4 is 17.6 Å². The van der Waals surface area contributed by atoms with Gasteiger partial charge in [-0.15, -0.1) is 0 Å². The van der Waals surface area contributed by atoms with E-state index in [1.807, 2.05) is 21.9 Å². The Morgan fingerprint density at radius 2 is 1.76 bits per heavy atom. The second-order valence-electron chi connectivity index (χ2n) is 10.1. The Morgan fingerprint density at radius 3 is 2.47 bits per heavy atom. The van der Waals surface area contributed by atoms with Crippen LogP contribution in [0.1, 0.15) is 48.9 Å². The van der Waals surface area contributed by atoms with Gasteiger partial charge in [0.05, 0.1) is 0 Å². The minimum Gasteiger partial charge on any atom is -0.322 e. The number of hydrogen-bond donors (Lipinski definition) is 0. The van der Waals surface area contributed by atoms with Gasteiger partial charge in [0.2, 0.25) is 0 Å². The molecule has 5 rings (SSSR count). The Morgan fingerprint density at radius 1 is 0.971 bits per heavy atom. The lowest BCUT2D eigenvalue weighted by molar-refractivity contribution is 0.0900. The maximum absolute atomic E-state index is 14.0. The second-order valence-corrected chi connectivity index (χ2v) is 10.5. The predicted molar refractivity (Wildman–Crippen MR) is 134 cm³/mol. The molecule has 2 amide bonds. The largest absolute Gasteiger partial charge is 0.322 e. The van der Waals surface area contributed by atoms with Gasteiger partial charge in [-0.3, -0.25) is 9.80 Å². The standard InChI is InChI=1S/C27H34ClFN4O/c1-19(2)33-15-14-32(27(33)34)13-10-30-8-11-31(12-9-30)26-18-24(20-4-3-5-22(29)16-20)25-17-21(28)6-7-23(25)26/h3-7,16-17,19,24,26H,8-15,18H2,1-2H3/t24-,26+/m0/s1. The number of piperazine rings is 1. The van der Waals surface area contributed by atoms with Gasteiger partial charge >= 0.3 is 6.03 Å². The van der Waals surface area contributed by atoms with Crippen LogP contribution in [0, 0.1) is 5.82 Å². The monoisotopic (exact) mass is 484 g/mol. The Balaban J connectivity index is 1.21. The van der Waals surface area contributed by atoms with Gasteiger partial charge in [0.1, 0.15) is 5.82 Å². The summed E-state index contributed by atoms with van der Waals surface area (Å²) in [5.41, 5.74) is 3.58. The highest BCUT2D eigenvalue weighted by Crippen LogP contribution is 2.47. The molecule has 5 nitrogen and oxygen atoms in total. The third-order valence-corrected chi connectivity index (χ3v) is 8.01. The molecule has 182 valence electrons. The molecule has 1 aliphatic carbocycles. The third-order valence-electron chi connectivity index (χ3n) is 7.78. The molecular formula is C27H34ClFN4O. The van der Waals surface area contributed by atoms with Crippen LogP contribution in [0.5, 0.6) is 0 Å². The Labute approximate surface area is 207 Å². The van der Waals surface area contributed by atoms with Gasteiger partial charge in [0, 0.05) is 75.4 Å². The van der Waals surface area contributed by atoms with Gasteiger partial charge in [-0.25, -0.2) is 9.18 Å². The Kier molecular flexibility index (Phi) is 6.83. The van der Waals surface area contributed by atoms with Crippen molar-refractivity contribution in [2.45, 2.75) is 38.3 Å². The summed E-state index contributed by atoms with van der Waals surface area (Å²) in [4.78, 5) is 21.5. The maximum Gasteiger partial charge on any atom is 0.320 e. The van der Waals surface area contributed by atoms with Crippen molar-refractivity contribution < 1.29 is 9.18 Å². The highest BCUT2D eigenvalue weighted by molar-refractivity contribution is 6.30. The molecule has 3 aliphatic rings. The zero-order valence-electron chi connectivity index (χ0n) is 20.1. The van der Waals surface area contributed by atoms with Crippen LogP contribution in [0.4, 0.5) is 9.18 Å². The van der Waals surface area contributed by atoms with Crippen LogP contribution in [0.3, 0.4) is 0 Å². The summed E-state index contributed by atoms with van der Waals surface area (Å²) in [7, 11) is 0. The lowest BCUT2D eigenvalue weighted by atomic mass is 9.93. The molecule has 2 saturated heterocycles. The minimum absolute atomic E-state index is 0.164. The SMILES string of the molecule is CC(C)N1CCN(CCN2CCN([C@@H]3C[C@@H](c4cccc(F)c4)c4cc(Cl)ccc43)CC2)C1=O. The van der Waals surface area contributed by atoms with Crippen molar-refractivity contribution in [3.8, 4) is 0 Å². The normalized spacial score (nSPS) is 23.9. The summed E-state index contributed by atoms with van der Waals surface area (Å²) >= 11 is 6.36. The molecule has 2 aliphatic heterocycles. The van der Waals surface area contributed by atoms with Gasteiger partial charge in [-0.2, -0.15) is 0 Å². The third kappa shape index (κ3) is 4.68. The van der Waals surface area contributed by atoms with E-state index in [0.717, 1.165) is 69.4 Å². The van der Waals surface area contributed by atoms with E-state index in [1.54, 1.807) is 12.1 Å². The summed E-state index contributed by atoms with van der Waals surface area (Å²) in [5, 5.41) is 0.734. The second kappa shape index (κ2) is 9.84. The highest BCUT2D eigenvalue weighted by atomic mass is 35.5. The molecule has 2 heterocycles. The van der Waals surface area contributed by atoms with Crippen molar-refractivity contribution in [1.82, 2.24) is 19.6 Å². The van der Waals surface area contributed by atoms with Crippen molar-refractivity contribution in [1.29, 1.82) is 0 Å². The average Bonchev–Trinajstić information content (AvgIpc) is 3.38. The number of benzene rings is 2. The quantitative estimate of drug-likeness (QED) is 0.589. The molecule has 2 fully saturated rings. The lowest BCUT2D eigenvalue weighted by Crippen LogP contribution is -2.49. The van der Waals surface area contributed by atoms with Crippen molar-refractivity contribution in [2.75, 3.05) is 52.4 Å². The molecular weight excluding hydrogens is 451 g/mol. The van der Waals surface area contributed by atoms with E-state index in [0.29, 0.717) is 6.04 Å². The number of carbonyl (C=O) groups excluding carboxylic acids is 1. The molecule has 0 aromatic heterocycles. The van der Waals surface area contributed by atoms with Crippen LogP contribution in [0.25, 0.3) is 0 Å². The molecule has 0 unspecified atom stereocenters. The number of halogens is 2. The fraction of sp³-hybridized carbons (Fsp3) is 0.519. The Hall–Kier alpha value is -2.15. The zero-order chi connectivity index (χ0) is 23.8. The van der Waals surface area contributed by atoms with Crippen LogP contribution < -0.4 is 0 Å². The van der Waals surface area contributed by atoms with E-state index >= 15 is 0 Å². The molecule has 7 heteroatoms. The highest BCUT2D eigenvalue weighted by Gasteiger charge is 2.37. The summed E-state index contributed by atoms with van der Waals surface area (Å²) in [6.45, 7) is 11.5. The van der Waals surface area contributed by atoms with Gasteiger partial charge < -0.3 is 9.80 Å². The maximum atomic E-state index is 14.0. The van der Waals surface area contributed by atoms with Gasteiger partial charge in [-0.1, -0.05) is 29.8 Å². The molecule has 34 heavy (non-hydrogen) atoms. The smallest absolute Gasteiger partial charge is 0.320 e. The molecule has 0 spiro atoms. The molecule has 0 saturated carbocycles. The van der Waals surface area contributed by atoms with E-state index < -0.39 is 0 Å². The number of nitrogens with zero attached hydrogens (tertiary/aromatic N) is 4. The van der Waals surface area contributed by atoms with E-state index in [-0.39, 0.29) is 23.8 Å². The molecule has 2 aromatic rings. The van der Waals surface area contributed by atoms with Crippen molar-refractivity contribution in [3.63, 3.8) is 0 Å². The van der Waals surface area contributed by atoms with E-state index in [9.17, 15) is 9.18 Å². The van der Waals surface area contributed by atoms with Crippen LogP contribution in [0.2, 0.25) is 5.02 Å². The number of urea groups is 1. The predicted octanol–water partition coefficient (Wildman–Crippen LogP) is 4.82. The first-order chi connectivity index (χ1) is 16.4. The van der Waals surface area contributed by atoms with E-state index in [2.05, 4.69) is 35.8 Å². The fourth-order valence-electron chi connectivity index (χ4n) is 5.86. The molecule has 0 bridgehead atoms. The fourth-order valence-corrected chi connectivity index (χ4v) is 6.04. The van der Waals surface area contributed by atoms with Gasteiger partial charge in [-0.05, 0) is 61.2 Å². The summed E-state index contributed by atoms with van der Waals surface area (Å²) in [6.07, 6.45) is 0.951. The topological polar surface area (TPSA) is 30.0 Å². The van der Waals surface area contributed by atoms with Crippen LogP contribution in [-0.4, -0.2) is 84.0 Å². The number of fused-ring (bicyclic) bond motifs is 1. The number of carbonyl (C=O) groups is 1.